The smallest absolute Gasteiger partial charge is 0.131 e. The van der Waals surface area contributed by atoms with Crippen molar-refractivity contribution in [1.82, 2.24) is 0 Å². The number of rotatable bonds is 0. The van der Waals surface area contributed by atoms with Gasteiger partial charge in [-0.3, -0.25) is 0 Å². The van der Waals surface area contributed by atoms with Crippen molar-refractivity contribution >= 4 is 66.4 Å². The Labute approximate surface area is 354 Å². The molecule has 0 fully saturated rings. The minimum Gasteiger partial charge on any atom is -0.327 e. The van der Waals surface area contributed by atoms with Crippen molar-refractivity contribution in [3.63, 3.8) is 0 Å². The zero-order valence-corrected chi connectivity index (χ0v) is 33.4. The monoisotopic (exact) mass is 784 g/mol. The standard InChI is InChI=1S/C55H40N6/c1-4-16-40-34(13-1)25-37-28-43(40)52-44-29-38(26-35-14-2-5-17-41(35)44)54-58-31-56(46-19-7-9-21-48(46)58)53(37)57-32-59(49-22-10-8-20-47(49)57)55(61-33-60(54)50-23-11-12-24-51(50)61)39-27-36-15-3-6-18-42(36)45(52)30-39/h1-30,52-55H,31-33H2. The van der Waals surface area contributed by atoms with Gasteiger partial charge in [0.25, 0.3) is 0 Å². The first kappa shape index (κ1) is 32.4. The normalized spacial score (nSPS) is 21.0. The van der Waals surface area contributed by atoms with Crippen molar-refractivity contribution in [2.24, 2.45) is 0 Å². The zero-order chi connectivity index (χ0) is 39.5. The summed E-state index contributed by atoms with van der Waals surface area (Å²) in [6, 6.07) is 70.4. The molecular formula is C55H40N6. The first-order valence-corrected chi connectivity index (χ1v) is 21.7. The van der Waals surface area contributed by atoms with Crippen LogP contribution in [0.5, 0.6) is 0 Å². The average Bonchev–Trinajstić information content (AvgIpc) is 3.99. The summed E-state index contributed by atoms with van der Waals surface area (Å²) >= 11 is 0. The van der Waals surface area contributed by atoms with E-state index < -0.39 is 0 Å². The van der Waals surface area contributed by atoms with Crippen LogP contribution in [0.15, 0.2) is 182 Å². The van der Waals surface area contributed by atoms with E-state index in [0.29, 0.717) is 0 Å². The van der Waals surface area contributed by atoms with Gasteiger partial charge in [0.2, 0.25) is 0 Å². The first-order chi connectivity index (χ1) is 30.2. The highest BCUT2D eigenvalue weighted by Gasteiger charge is 2.49. The lowest BCUT2D eigenvalue weighted by Gasteiger charge is -2.45. The van der Waals surface area contributed by atoms with E-state index in [-0.39, 0.29) is 24.4 Å². The second kappa shape index (κ2) is 11.6. The molecule has 16 bridgehead atoms. The van der Waals surface area contributed by atoms with E-state index in [9.17, 15) is 0 Å². The number of hydrogen-bond donors (Lipinski definition) is 0. The Kier molecular flexibility index (Phi) is 6.19. The van der Waals surface area contributed by atoms with Crippen LogP contribution in [0.3, 0.4) is 0 Å². The van der Waals surface area contributed by atoms with Gasteiger partial charge in [0, 0.05) is 5.92 Å². The fraction of sp³-hybridized carbons (Fsp3) is 0.127. The molecule has 6 aliphatic heterocycles. The van der Waals surface area contributed by atoms with Gasteiger partial charge >= 0.3 is 0 Å². The van der Waals surface area contributed by atoms with Crippen molar-refractivity contribution in [3.8, 4) is 0 Å². The van der Waals surface area contributed by atoms with Crippen LogP contribution in [0.1, 0.15) is 57.8 Å². The minimum absolute atomic E-state index is 0.0696. The third-order valence-electron chi connectivity index (χ3n) is 14.8. The zero-order valence-electron chi connectivity index (χ0n) is 33.4. The molecule has 61 heavy (non-hydrogen) atoms. The van der Waals surface area contributed by atoms with Crippen LogP contribution in [-0.4, -0.2) is 20.0 Å². The molecule has 0 amide bonds. The topological polar surface area (TPSA) is 19.4 Å². The fourth-order valence-corrected chi connectivity index (χ4v) is 12.4. The van der Waals surface area contributed by atoms with Crippen LogP contribution >= 0.6 is 0 Å². The maximum absolute atomic E-state index is 2.71. The SMILES string of the molecule is c1ccc2c(c1)N1CN2C2c3cc(c4ccccc4c3)C3c4cc(cc5ccccc45)C1N1CN(c4ccccc41)C(c1cc3c3ccccc3c1)N1CN2c2ccccc21. The molecule has 15 rings (SSSR count). The molecule has 6 aliphatic rings. The van der Waals surface area contributed by atoms with E-state index in [1.165, 1.54) is 99.8 Å². The molecule has 0 saturated heterocycles. The molecule has 9 aromatic carbocycles. The van der Waals surface area contributed by atoms with Crippen LogP contribution in [0, 0.1) is 0 Å². The first-order valence-electron chi connectivity index (χ1n) is 21.7. The van der Waals surface area contributed by atoms with Crippen LogP contribution in [0.25, 0.3) is 32.3 Å². The molecule has 6 heteroatoms. The molecule has 0 atom stereocenters. The van der Waals surface area contributed by atoms with Gasteiger partial charge in [-0.15, -0.1) is 0 Å². The maximum atomic E-state index is 2.71. The van der Waals surface area contributed by atoms with Crippen LogP contribution in [-0.2, 0) is 0 Å². The summed E-state index contributed by atoms with van der Waals surface area (Å²) in [6.07, 6.45) is -0.303. The molecule has 0 saturated carbocycles. The van der Waals surface area contributed by atoms with Crippen molar-refractivity contribution in [2.75, 3.05) is 49.4 Å². The summed E-state index contributed by atoms with van der Waals surface area (Å²) in [4.78, 5) is 16.3. The van der Waals surface area contributed by atoms with E-state index in [0.717, 1.165) is 20.0 Å². The fourth-order valence-electron chi connectivity index (χ4n) is 12.4. The predicted molar refractivity (Wildman–Crippen MR) is 250 cm³/mol. The largest absolute Gasteiger partial charge is 0.327 e. The molecule has 0 unspecified atom stereocenters. The molecular weight excluding hydrogens is 745 g/mol. The van der Waals surface area contributed by atoms with Crippen LogP contribution in [0.2, 0.25) is 0 Å². The Morgan fingerprint density at radius 2 is 0.525 bits per heavy atom. The Balaban J connectivity index is 1.22. The highest BCUT2D eigenvalue weighted by atomic mass is 15.6. The molecule has 0 spiro atoms. The number of para-hydroxylation sites is 6. The molecule has 0 N–H and O–H groups in total. The Bertz CT molecular complexity index is 2920. The number of anilines is 6. The molecule has 0 aliphatic carbocycles. The lowest BCUT2D eigenvalue weighted by atomic mass is 9.77. The van der Waals surface area contributed by atoms with Gasteiger partial charge in [0.05, 0.1) is 54.1 Å². The molecule has 9 aromatic rings. The van der Waals surface area contributed by atoms with E-state index in [2.05, 4.69) is 211 Å². The summed E-state index contributed by atoms with van der Waals surface area (Å²) in [5.41, 5.74) is 15.6. The molecule has 6 heterocycles. The van der Waals surface area contributed by atoms with Crippen molar-refractivity contribution < 1.29 is 0 Å². The summed E-state index contributed by atoms with van der Waals surface area (Å²) in [5.74, 6) is -0.0696. The highest BCUT2D eigenvalue weighted by molar-refractivity contribution is 5.97. The Morgan fingerprint density at radius 3 is 0.803 bits per heavy atom. The van der Waals surface area contributed by atoms with Gasteiger partial charge in [-0.05, 0) is 120 Å². The van der Waals surface area contributed by atoms with Gasteiger partial charge in [0.15, 0.2) is 0 Å². The van der Waals surface area contributed by atoms with Gasteiger partial charge < -0.3 is 29.4 Å². The second-order valence-corrected chi connectivity index (χ2v) is 17.8. The average molecular weight is 785 g/mol. The maximum Gasteiger partial charge on any atom is 0.131 e. The van der Waals surface area contributed by atoms with Gasteiger partial charge in [-0.25, -0.2) is 0 Å². The van der Waals surface area contributed by atoms with Gasteiger partial charge in [0.1, 0.15) is 18.5 Å². The number of hydrogen-bond acceptors (Lipinski definition) is 6. The quantitative estimate of drug-likeness (QED) is 0.151. The van der Waals surface area contributed by atoms with Gasteiger partial charge in [-0.1, -0.05) is 127 Å². The van der Waals surface area contributed by atoms with Crippen molar-refractivity contribution in [3.05, 3.63) is 215 Å². The van der Waals surface area contributed by atoms with E-state index in [1.807, 2.05) is 0 Å². The Hall–Kier alpha value is -7.44. The second-order valence-electron chi connectivity index (χ2n) is 17.8. The van der Waals surface area contributed by atoms with Crippen molar-refractivity contribution in [1.29, 1.82) is 0 Å². The lowest BCUT2D eigenvalue weighted by molar-refractivity contribution is 0.500. The third-order valence-corrected chi connectivity index (χ3v) is 14.8. The third kappa shape index (κ3) is 4.21. The van der Waals surface area contributed by atoms with Crippen molar-refractivity contribution in [2.45, 2.75) is 24.4 Å². The van der Waals surface area contributed by atoms with E-state index in [1.54, 1.807) is 0 Å². The molecule has 290 valence electrons. The van der Waals surface area contributed by atoms with Crippen LogP contribution < -0.4 is 29.4 Å². The Morgan fingerprint density at radius 1 is 0.279 bits per heavy atom. The number of fused-ring (bicyclic) bond motifs is 24. The van der Waals surface area contributed by atoms with E-state index >= 15 is 0 Å². The summed E-state index contributed by atoms with van der Waals surface area (Å²) in [7, 11) is 0. The molecule has 6 nitrogen and oxygen atoms in total. The summed E-state index contributed by atoms with van der Waals surface area (Å²) in [5, 5.41) is 7.74. The molecule has 0 aromatic heterocycles. The van der Waals surface area contributed by atoms with Crippen LogP contribution in [0.4, 0.5) is 34.1 Å². The van der Waals surface area contributed by atoms with Gasteiger partial charge in [-0.2, -0.15) is 0 Å². The minimum atomic E-state index is -0.101. The number of benzene rings is 9. The predicted octanol–water partition coefficient (Wildman–Crippen LogP) is 12.2. The summed E-state index contributed by atoms with van der Waals surface area (Å²) < 4.78 is 0. The number of nitrogens with zero attached hydrogens (tertiary/aromatic N) is 6. The highest BCUT2D eigenvalue weighted by Crippen LogP contribution is 2.58. The summed E-state index contributed by atoms with van der Waals surface area (Å²) in [6.45, 7) is 2.19. The lowest BCUT2D eigenvalue weighted by Crippen LogP contribution is -2.52. The van der Waals surface area contributed by atoms with E-state index in [4.69, 9.17) is 0 Å². The molecule has 0 radical (unpaired) electrons.